The molecule has 1 aliphatic carbocycles. The molecule has 19 heavy (non-hydrogen) atoms. The Hall–Kier alpha value is -1.69. The molecule has 1 amide bonds. The van der Waals surface area contributed by atoms with E-state index in [0.717, 1.165) is 18.4 Å². The predicted molar refractivity (Wildman–Crippen MR) is 71.6 cm³/mol. The number of carbonyl (C=O) groups excluding carboxylic acids is 1. The molecule has 1 aromatic carbocycles. The summed E-state index contributed by atoms with van der Waals surface area (Å²) in [6, 6.07) is 6.35. The van der Waals surface area contributed by atoms with E-state index in [1.807, 2.05) is 12.1 Å². The van der Waals surface area contributed by atoms with Crippen molar-refractivity contribution in [3.8, 4) is 0 Å². The Kier molecular flexibility index (Phi) is 4.68. The molecule has 102 valence electrons. The van der Waals surface area contributed by atoms with Crippen LogP contribution in [-0.4, -0.2) is 29.4 Å². The van der Waals surface area contributed by atoms with Crippen molar-refractivity contribution in [2.24, 2.45) is 0 Å². The van der Waals surface area contributed by atoms with Gasteiger partial charge in [-0.15, -0.1) is 0 Å². The number of rotatable bonds is 5. The third-order valence-corrected chi connectivity index (χ3v) is 3.28. The second kappa shape index (κ2) is 6.47. The van der Waals surface area contributed by atoms with Gasteiger partial charge in [0.2, 0.25) is 0 Å². The summed E-state index contributed by atoms with van der Waals surface area (Å²) in [4.78, 5) is 10.9. The van der Waals surface area contributed by atoms with Crippen LogP contribution in [0.2, 0.25) is 0 Å². The van der Waals surface area contributed by atoms with Gasteiger partial charge in [-0.05, 0) is 35.6 Å². The van der Waals surface area contributed by atoms with E-state index in [9.17, 15) is 4.79 Å². The lowest BCUT2D eigenvalue weighted by molar-refractivity contribution is -0.124. The number of fused-ring (bicyclic) bond motifs is 1. The molecule has 1 atom stereocenters. The molecule has 2 rings (SSSR count). The summed E-state index contributed by atoms with van der Waals surface area (Å²) < 4.78 is 0. The number of aryl methyl sites for hydroxylation is 1. The summed E-state index contributed by atoms with van der Waals surface area (Å²) >= 11 is 0. The van der Waals surface area contributed by atoms with Crippen molar-refractivity contribution in [3.05, 3.63) is 41.0 Å². The van der Waals surface area contributed by atoms with Gasteiger partial charge in [-0.25, -0.2) is 5.48 Å². The SMILES string of the molecule is O=C(C=Cc1ccc2c(c1)CCC2NCCO)NO. The van der Waals surface area contributed by atoms with Crippen molar-refractivity contribution >= 4 is 12.0 Å². The topological polar surface area (TPSA) is 81.6 Å². The molecule has 0 fully saturated rings. The first-order chi connectivity index (χ1) is 9.24. The zero-order valence-electron chi connectivity index (χ0n) is 10.6. The van der Waals surface area contributed by atoms with Crippen LogP contribution in [0.1, 0.15) is 29.2 Å². The van der Waals surface area contributed by atoms with E-state index >= 15 is 0 Å². The molecule has 0 radical (unpaired) electrons. The van der Waals surface area contributed by atoms with Crippen LogP contribution >= 0.6 is 0 Å². The monoisotopic (exact) mass is 262 g/mol. The molecular weight excluding hydrogens is 244 g/mol. The second-order valence-corrected chi connectivity index (χ2v) is 4.54. The van der Waals surface area contributed by atoms with E-state index in [0.29, 0.717) is 12.6 Å². The molecule has 1 aromatic rings. The molecule has 5 heteroatoms. The summed E-state index contributed by atoms with van der Waals surface area (Å²) in [5.41, 5.74) is 5.02. The molecule has 0 aliphatic heterocycles. The van der Waals surface area contributed by atoms with Crippen LogP contribution in [0.15, 0.2) is 24.3 Å². The van der Waals surface area contributed by atoms with Gasteiger partial charge in [-0.3, -0.25) is 10.0 Å². The largest absolute Gasteiger partial charge is 0.395 e. The Morgan fingerprint density at radius 3 is 3.05 bits per heavy atom. The highest BCUT2D eigenvalue weighted by Gasteiger charge is 2.21. The van der Waals surface area contributed by atoms with E-state index < -0.39 is 5.91 Å². The lowest BCUT2D eigenvalue weighted by atomic mass is 10.0. The number of carbonyl (C=O) groups is 1. The number of hydrogen-bond acceptors (Lipinski definition) is 4. The van der Waals surface area contributed by atoms with Crippen molar-refractivity contribution < 1.29 is 15.1 Å². The van der Waals surface area contributed by atoms with Crippen LogP contribution in [0.25, 0.3) is 6.08 Å². The first-order valence-corrected chi connectivity index (χ1v) is 6.34. The van der Waals surface area contributed by atoms with Crippen LogP contribution in [-0.2, 0) is 11.2 Å². The van der Waals surface area contributed by atoms with Gasteiger partial charge < -0.3 is 10.4 Å². The molecule has 0 saturated carbocycles. The smallest absolute Gasteiger partial charge is 0.267 e. The third kappa shape index (κ3) is 3.41. The molecule has 0 heterocycles. The summed E-state index contributed by atoms with van der Waals surface area (Å²) in [6.45, 7) is 0.741. The van der Waals surface area contributed by atoms with E-state index in [1.165, 1.54) is 17.2 Å². The lowest BCUT2D eigenvalue weighted by Crippen LogP contribution is -2.22. The Balaban J connectivity index is 2.09. The number of amides is 1. The minimum Gasteiger partial charge on any atom is -0.395 e. The second-order valence-electron chi connectivity index (χ2n) is 4.54. The number of nitrogens with one attached hydrogen (secondary N) is 2. The summed E-state index contributed by atoms with van der Waals surface area (Å²) in [7, 11) is 0. The average molecular weight is 262 g/mol. The van der Waals surface area contributed by atoms with Crippen molar-refractivity contribution in [1.82, 2.24) is 10.8 Å². The van der Waals surface area contributed by atoms with Gasteiger partial charge >= 0.3 is 0 Å². The summed E-state index contributed by atoms with van der Waals surface area (Å²) in [6.07, 6.45) is 4.98. The fourth-order valence-electron chi connectivity index (χ4n) is 2.40. The Morgan fingerprint density at radius 1 is 1.47 bits per heavy atom. The first kappa shape index (κ1) is 13.7. The van der Waals surface area contributed by atoms with Gasteiger partial charge in [0.15, 0.2) is 0 Å². The van der Waals surface area contributed by atoms with Crippen molar-refractivity contribution in [1.29, 1.82) is 0 Å². The highest BCUT2D eigenvalue weighted by atomic mass is 16.5. The number of aliphatic hydroxyl groups excluding tert-OH is 1. The van der Waals surface area contributed by atoms with Gasteiger partial charge in [-0.1, -0.05) is 18.2 Å². The maximum absolute atomic E-state index is 10.9. The van der Waals surface area contributed by atoms with E-state index in [4.69, 9.17) is 10.3 Å². The quantitative estimate of drug-likeness (QED) is 0.359. The van der Waals surface area contributed by atoms with Crippen LogP contribution < -0.4 is 10.8 Å². The first-order valence-electron chi connectivity index (χ1n) is 6.34. The summed E-state index contributed by atoms with van der Waals surface area (Å²) in [5.74, 6) is -0.539. The number of hydroxylamine groups is 1. The molecule has 0 aromatic heterocycles. The molecule has 1 unspecified atom stereocenters. The standard InChI is InChI=1S/C14H18N2O3/c17-8-7-15-13-5-3-11-9-10(1-4-12(11)13)2-6-14(18)16-19/h1-2,4,6,9,13,15,17,19H,3,5,7-8H2,(H,16,18). The number of hydrogen-bond donors (Lipinski definition) is 4. The zero-order chi connectivity index (χ0) is 13.7. The van der Waals surface area contributed by atoms with E-state index in [-0.39, 0.29) is 6.61 Å². The van der Waals surface area contributed by atoms with Gasteiger partial charge in [0.05, 0.1) is 6.61 Å². The number of aliphatic hydroxyl groups is 1. The van der Waals surface area contributed by atoms with Crippen molar-refractivity contribution in [2.45, 2.75) is 18.9 Å². The van der Waals surface area contributed by atoms with Crippen LogP contribution in [0.3, 0.4) is 0 Å². The Morgan fingerprint density at radius 2 is 2.32 bits per heavy atom. The minimum atomic E-state index is -0.539. The average Bonchev–Trinajstić information content (AvgIpc) is 2.84. The molecule has 4 N–H and O–H groups in total. The fraction of sp³-hybridized carbons (Fsp3) is 0.357. The molecule has 5 nitrogen and oxygen atoms in total. The van der Waals surface area contributed by atoms with Crippen LogP contribution in [0.5, 0.6) is 0 Å². The fourth-order valence-corrected chi connectivity index (χ4v) is 2.40. The van der Waals surface area contributed by atoms with Crippen molar-refractivity contribution in [3.63, 3.8) is 0 Å². The molecular formula is C14H18N2O3. The third-order valence-electron chi connectivity index (χ3n) is 3.28. The highest BCUT2D eigenvalue weighted by molar-refractivity contribution is 5.90. The predicted octanol–water partition coefficient (Wildman–Crippen LogP) is 0.774. The molecule has 0 bridgehead atoms. The molecule has 0 saturated heterocycles. The molecule has 1 aliphatic rings. The van der Waals surface area contributed by atoms with Crippen molar-refractivity contribution in [2.75, 3.05) is 13.2 Å². The van der Waals surface area contributed by atoms with Crippen LogP contribution in [0.4, 0.5) is 0 Å². The van der Waals surface area contributed by atoms with Gasteiger partial charge in [0, 0.05) is 18.7 Å². The maximum Gasteiger partial charge on any atom is 0.267 e. The normalized spacial score (nSPS) is 17.7. The number of benzene rings is 1. The lowest BCUT2D eigenvalue weighted by Gasteiger charge is -2.13. The Bertz CT molecular complexity index is 486. The molecule has 0 spiro atoms. The minimum absolute atomic E-state index is 0.142. The zero-order valence-corrected chi connectivity index (χ0v) is 10.6. The van der Waals surface area contributed by atoms with Gasteiger partial charge in [0.25, 0.3) is 5.91 Å². The van der Waals surface area contributed by atoms with E-state index in [1.54, 1.807) is 11.6 Å². The van der Waals surface area contributed by atoms with E-state index in [2.05, 4.69) is 11.4 Å². The highest BCUT2D eigenvalue weighted by Crippen LogP contribution is 2.31. The van der Waals surface area contributed by atoms with Gasteiger partial charge in [0.1, 0.15) is 0 Å². The maximum atomic E-state index is 10.9. The summed E-state index contributed by atoms with van der Waals surface area (Å²) in [5, 5.41) is 20.5. The Labute approximate surface area is 111 Å². The van der Waals surface area contributed by atoms with Gasteiger partial charge in [-0.2, -0.15) is 0 Å². The van der Waals surface area contributed by atoms with Crippen LogP contribution in [0, 0.1) is 0 Å².